The van der Waals surface area contributed by atoms with Gasteiger partial charge in [-0.2, -0.15) is 5.10 Å². The van der Waals surface area contributed by atoms with Gasteiger partial charge >= 0.3 is 0 Å². The topological polar surface area (TPSA) is 69.6 Å². The van der Waals surface area contributed by atoms with E-state index in [4.69, 9.17) is 5.73 Å². The van der Waals surface area contributed by atoms with Gasteiger partial charge in [0.1, 0.15) is 9.86 Å². The Kier molecular flexibility index (Phi) is 2.49. The van der Waals surface area contributed by atoms with Gasteiger partial charge in [-0.05, 0) is 11.4 Å². The molecular formula is C10H9N5S2. The highest BCUT2D eigenvalue weighted by Crippen LogP contribution is 2.33. The molecule has 0 aliphatic rings. The van der Waals surface area contributed by atoms with Crippen LogP contribution in [0.3, 0.4) is 0 Å². The third-order valence-electron chi connectivity index (χ3n) is 2.20. The van der Waals surface area contributed by atoms with Gasteiger partial charge in [-0.25, -0.2) is 9.97 Å². The minimum absolute atomic E-state index is 0.311. The summed E-state index contributed by atoms with van der Waals surface area (Å²) < 4.78 is 1.76. The van der Waals surface area contributed by atoms with Crippen molar-refractivity contribution in [2.75, 3.05) is 5.73 Å². The Balaban J connectivity index is 2.07. The van der Waals surface area contributed by atoms with Crippen molar-refractivity contribution in [3.63, 3.8) is 0 Å². The molecule has 86 valence electrons. The summed E-state index contributed by atoms with van der Waals surface area (Å²) in [4.78, 5) is 10.4. The SMILES string of the molecule is Cn1cc(Sc2nc(N)nc3sccc23)cn1. The molecule has 0 unspecified atom stereocenters. The Morgan fingerprint density at radius 1 is 1.41 bits per heavy atom. The van der Waals surface area contributed by atoms with Crippen LogP contribution in [0.5, 0.6) is 0 Å². The van der Waals surface area contributed by atoms with E-state index < -0.39 is 0 Å². The Morgan fingerprint density at radius 3 is 3.06 bits per heavy atom. The van der Waals surface area contributed by atoms with Gasteiger partial charge < -0.3 is 5.73 Å². The van der Waals surface area contributed by atoms with Crippen molar-refractivity contribution in [1.82, 2.24) is 19.7 Å². The van der Waals surface area contributed by atoms with E-state index in [1.54, 1.807) is 34.0 Å². The maximum absolute atomic E-state index is 5.69. The third kappa shape index (κ3) is 1.98. The lowest BCUT2D eigenvalue weighted by molar-refractivity contribution is 0.766. The maximum Gasteiger partial charge on any atom is 0.222 e. The summed E-state index contributed by atoms with van der Waals surface area (Å²) in [6, 6.07) is 2.01. The lowest BCUT2D eigenvalue weighted by Gasteiger charge is -2.00. The molecule has 0 aromatic carbocycles. The van der Waals surface area contributed by atoms with Gasteiger partial charge in [0.15, 0.2) is 0 Å². The summed E-state index contributed by atoms with van der Waals surface area (Å²) in [5.41, 5.74) is 5.69. The molecule has 0 saturated carbocycles. The Hall–Kier alpha value is -1.60. The molecule has 7 heteroatoms. The average molecular weight is 263 g/mol. The fourth-order valence-corrected chi connectivity index (χ4v) is 3.26. The van der Waals surface area contributed by atoms with Crippen LogP contribution in [0.15, 0.2) is 33.8 Å². The van der Waals surface area contributed by atoms with Crippen molar-refractivity contribution in [3.8, 4) is 0 Å². The number of nitrogens with zero attached hydrogens (tertiary/aromatic N) is 4. The van der Waals surface area contributed by atoms with Crippen molar-refractivity contribution in [2.24, 2.45) is 7.05 Å². The molecule has 0 saturated heterocycles. The highest BCUT2D eigenvalue weighted by Gasteiger charge is 2.09. The van der Waals surface area contributed by atoms with Gasteiger partial charge in [0.25, 0.3) is 0 Å². The first-order chi connectivity index (χ1) is 8.22. The molecule has 3 aromatic heterocycles. The van der Waals surface area contributed by atoms with E-state index in [1.807, 2.05) is 24.7 Å². The van der Waals surface area contributed by atoms with Crippen LogP contribution < -0.4 is 5.73 Å². The van der Waals surface area contributed by atoms with E-state index in [9.17, 15) is 0 Å². The van der Waals surface area contributed by atoms with Crippen molar-refractivity contribution in [1.29, 1.82) is 0 Å². The zero-order valence-corrected chi connectivity index (χ0v) is 10.6. The number of fused-ring (bicyclic) bond motifs is 1. The van der Waals surface area contributed by atoms with Crippen LogP contribution in [-0.4, -0.2) is 19.7 Å². The van der Waals surface area contributed by atoms with E-state index in [2.05, 4.69) is 15.1 Å². The molecule has 5 nitrogen and oxygen atoms in total. The summed E-state index contributed by atoms with van der Waals surface area (Å²) in [7, 11) is 1.89. The summed E-state index contributed by atoms with van der Waals surface area (Å²) >= 11 is 3.12. The summed E-state index contributed by atoms with van der Waals surface area (Å²) in [5, 5.41) is 8.04. The molecule has 0 atom stereocenters. The summed E-state index contributed by atoms with van der Waals surface area (Å²) in [6.07, 6.45) is 3.75. The smallest absolute Gasteiger partial charge is 0.222 e. The lowest BCUT2D eigenvalue weighted by atomic mass is 10.4. The predicted molar refractivity (Wildman–Crippen MR) is 69.2 cm³/mol. The molecule has 0 aliphatic carbocycles. The van der Waals surface area contributed by atoms with Gasteiger partial charge in [0.2, 0.25) is 5.95 Å². The number of anilines is 1. The zero-order valence-electron chi connectivity index (χ0n) is 8.99. The minimum atomic E-state index is 0.311. The molecule has 2 N–H and O–H groups in total. The fourth-order valence-electron chi connectivity index (χ4n) is 1.48. The van der Waals surface area contributed by atoms with Crippen LogP contribution in [0, 0.1) is 0 Å². The first kappa shape index (κ1) is 10.5. The van der Waals surface area contributed by atoms with Crippen LogP contribution >= 0.6 is 23.1 Å². The van der Waals surface area contributed by atoms with Crippen molar-refractivity contribution in [3.05, 3.63) is 23.8 Å². The quantitative estimate of drug-likeness (QED) is 0.717. The standard InChI is InChI=1S/C10H9N5S2/c1-15-5-6(4-12-15)17-9-7-2-3-16-8(7)13-10(11)14-9/h2-5H,1H3,(H2,11,13,14). The molecule has 0 amide bonds. The number of hydrogen-bond acceptors (Lipinski definition) is 6. The number of hydrogen-bond donors (Lipinski definition) is 1. The molecule has 17 heavy (non-hydrogen) atoms. The monoisotopic (exact) mass is 263 g/mol. The first-order valence-corrected chi connectivity index (χ1v) is 6.59. The van der Waals surface area contributed by atoms with Crippen LogP contribution in [-0.2, 0) is 7.05 Å². The van der Waals surface area contributed by atoms with Gasteiger partial charge in [-0.3, -0.25) is 4.68 Å². The second-order valence-electron chi connectivity index (χ2n) is 3.48. The number of rotatable bonds is 2. The number of nitrogens with two attached hydrogens (primary N) is 1. The molecule has 0 fully saturated rings. The van der Waals surface area contributed by atoms with E-state index in [-0.39, 0.29) is 0 Å². The van der Waals surface area contributed by atoms with Gasteiger partial charge in [-0.1, -0.05) is 11.8 Å². The molecule has 3 heterocycles. The Labute approximate surface area is 106 Å². The average Bonchev–Trinajstić information content (AvgIpc) is 2.87. The number of aromatic nitrogens is 4. The maximum atomic E-state index is 5.69. The second-order valence-corrected chi connectivity index (χ2v) is 5.43. The highest BCUT2D eigenvalue weighted by atomic mass is 32.2. The summed E-state index contributed by atoms with van der Waals surface area (Å²) in [5.74, 6) is 0.311. The Bertz CT molecular complexity index is 672. The zero-order chi connectivity index (χ0) is 11.8. The molecule has 0 aliphatic heterocycles. The predicted octanol–water partition coefficient (Wildman–Crippen LogP) is 2.16. The van der Waals surface area contributed by atoms with Crippen LogP contribution in [0.2, 0.25) is 0 Å². The Morgan fingerprint density at radius 2 is 2.29 bits per heavy atom. The lowest BCUT2D eigenvalue weighted by Crippen LogP contribution is -1.95. The number of aryl methyl sites for hydroxylation is 1. The van der Waals surface area contributed by atoms with Gasteiger partial charge in [0, 0.05) is 18.6 Å². The molecule has 0 spiro atoms. The van der Waals surface area contributed by atoms with E-state index >= 15 is 0 Å². The van der Waals surface area contributed by atoms with Crippen molar-refractivity contribution < 1.29 is 0 Å². The van der Waals surface area contributed by atoms with Crippen molar-refractivity contribution >= 4 is 39.3 Å². The second kappa shape index (κ2) is 4.01. The third-order valence-corrected chi connectivity index (χ3v) is 3.96. The fraction of sp³-hybridized carbons (Fsp3) is 0.100. The molecule has 3 aromatic rings. The normalized spacial score (nSPS) is 11.1. The first-order valence-electron chi connectivity index (χ1n) is 4.89. The van der Waals surface area contributed by atoms with Gasteiger partial charge in [-0.15, -0.1) is 11.3 Å². The summed E-state index contributed by atoms with van der Waals surface area (Å²) in [6.45, 7) is 0. The molecule has 3 rings (SSSR count). The molecule has 0 radical (unpaired) electrons. The van der Waals surface area contributed by atoms with E-state index in [1.165, 1.54) is 0 Å². The minimum Gasteiger partial charge on any atom is -0.368 e. The van der Waals surface area contributed by atoms with E-state index in [0.29, 0.717) is 5.95 Å². The van der Waals surface area contributed by atoms with Crippen LogP contribution in [0.4, 0.5) is 5.95 Å². The largest absolute Gasteiger partial charge is 0.368 e. The highest BCUT2D eigenvalue weighted by molar-refractivity contribution is 7.99. The number of nitrogen functional groups attached to an aromatic ring is 1. The van der Waals surface area contributed by atoms with Crippen LogP contribution in [0.1, 0.15) is 0 Å². The molecule has 0 bridgehead atoms. The van der Waals surface area contributed by atoms with E-state index in [0.717, 1.165) is 20.1 Å². The number of thiophene rings is 1. The van der Waals surface area contributed by atoms with Crippen LogP contribution in [0.25, 0.3) is 10.2 Å². The van der Waals surface area contributed by atoms with Gasteiger partial charge in [0.05, 0.1) is 11.1 Å². The van der Waals surface area contributed by atoms with Crippen molar-refractivity contribution in [2.45, 2.75) is 9.92 Å². The molecular weight excluding hydrogens is 254 g/mol.